The molecule has 1 aromatic heterocycles. The molecular formula is C14H19N3O2S. The Labute approximate surface area is 121 Å². The molecule has 0 spiro atoms. The fourth-order valence-corrected chi connectivity index (χ4v) is 4.04. The predicted molar refractivity (Wildman–Crippen MR) is 84.4 cm³/mol. The summed E-state index contributed by atoms with van der Waals surface area (Å²) in [4.78, 5) is 13.9. The van der Waals surface area contributed by atoms with Crippen molar-refractivity contribution >= 4 is 34.2 Å². The molecule has 0 saturated heterocycles. The molecule has 1 aromatic carbocycles. The highest BCUT2D eigenvalue weighted by Crippen LogP contribution is 2.34. The van der Waals surface area contributed by atoms with Crippen LogP contribution in [0.25, 0.3) is 11.1 Å². The van der Waals surface area contributed by atoms with Gasteiger partial charge >= 0.3 is 5.76 Å². The highest BCUT2D eigenvalue weighted by atomic mass is 32.2. The number of thioether (sulfide) groups is 1. The van der Waals surface area contributed by atoms with Gasteiger partial charge in [0.2, 0.25) is 0 Å². The highest BCUT2D eigenvalue weighted by molar-refractivity contribution is 7.99. The first kappa shape index (κ1) is 13.4. The lowest BCUT2D eigenvalue weighted by Gasteiger charge is -2.22. The second kappa shape index (κ2) is 5.44. The van der Waals surface area contributed by atoms with Crippen molar-refractivity contribution in [3.63, 3.8) is 0 Å². The standard InChI is InChI=1S/C14H19N3O2S/c1-2-20-13-5-3-4-9(13)16-10-7-11-12(6-8(10)15)19-14(18)17-11/h6-7,9,13,16H,2-5,15H2,1H3,(H,17,18). The lowest BCUT2D eigenvalue weighted by molar-refractivity contribution is 0.555. The SMILES string of the molecule is CCSC1CCCC1Nc1cc2[nH]c(=O)oc2cc1N. The number of hydrogen-bond acceptors (Lipinski definition) is 5. The number of fused-ring (bicyclic) bond motifs is 1. The lowest BCUT2D eigenvalue weighted by atomic mass is 10.2. The summed E-state index contributed by atoms with van der Waals surface area (Å²) in [6.07, 6.45) is 3.66. The first-order valence-electron chi connectivity index (χ1n) is 6.98. The average molecular weight is 293 g/mol. The van der Waals surface area contributed by atoms with Crippen molar-refractivity contribution in [2.75, 3.05) is 16.8 Å². The Kier molecular flexibility index (Phi) is 3.65. The number of rotatable bonds is 4. The molecule has 1 aliphatic carbocycles. The number of H-pyrrole nitrogens is 1. The smallest absolute Gasteiger partial charge is 0.408 e. The number of oxazole rings is 1. The van der Waals surface area contributed by atoms with Crippen molar-refractivity contribution in [2.45, 2.75) is 37.5 Å². The fourth-order valence-electron chi connectivity index (χ4n) is 2.84. The Morgan fingerprint density at radius 2 is 2.35 bits per heavy atom. The summed E-state index contributed by atoms with van der Waals surface area (Å²) in [7, 11) is 0. The number of hydrogen-bond donors (Lipinski definition) is 3. The lowest BCUT2D eigenvalue weighted by Crippen LogP contribution is -2.26. The third-order valence-corrected chi connectivity index (χ3v) is 5.09. The molecular weight excluding hydrogens is 274 g/mol. The number of nitrogens with two attached hydrogens (primary N) is 1. The van der Waals surface area contributed by atoms with E-state index in [1.54, 1.807) is 6.07 Å². The van der Waals surface area contributed by atoms with Crippen LogP contribution in [0.1, 0.15) is 26.2 Å². The zero-order chi connectivity index (χ0) is 14.1. The van der Waals surface area contributed by atoms with Gasteiger partial charge in [-0.15, -0.1) is 0 Å². The zero-order valence-electron chi connectivity index (χ0n) is 11.4. The van der Waals surface area contributed by atoms with Crippen molar-refractivity contribution in [1.82, 2.24) is 4.98 Å². The largest absolute Gasteiger partial charge is 0.417 e. The summed E-state index contributed by atoms with van der Waals surface area (Å²) < 4.78 is 5.01. The molecule has 1 aliphatic rings. The molecule has 0 amide bonds. The van der Waals surface area contributed by atoms with Crippen LogP contribution in [0.5, 0.6) is 0 Å². The van der Waals surface area contributed by atoms with Crippen LogP contribution in [-0.2, 0) is 0 Å². The van der Waals surface area contributed by atoms with Crippen LogP contribution in [0, 0.1) is 0 Å². The summed E-state index contributed by atoms with van der Waals surface area (Å²) in [6, 6.07) is 4.01. The Balaban J connectivity index is 1.86. The Morgan fingerprint density at radius 3 is 3.15 bits per heavy atom. The second-order valence-electron chi connectivity index (χ2n) is 5.13. The van der Waals surface area contributed by atoms with Crippen LogP contribution in [0.3, 0.4) is 0 Å². The van der Waals surface area contributed by atoms with Crippen molar-refractivity contribution < 1.29 is 4.42 Å². The predicted octanol–water partition coefficient (Wildman–Crippen LogP) is 2.79. The molecule has 2 unspecified atom stereocenters. The second-order valence-corrected chi connectivity index (χ2v) is 6.64. The summed E-state index contributed by atoms with van der Waals surface area (Å²) >= 11 is 2.00. The molecule has 3 rings (SSSR count). The molecule has 0 radical (unpaired) electrons. The number of aromatic nitrogens is 1. The Bertz CT molecular complexity index is 664. The van der Waals surface area contributed by atoms with Gasteiger partial charge in [0.25, 0.3) is 0 Å². The van der Waals surface area contributed by atoms with Crippen LogP contribution in [0.4, 0.5) is 11.4 Å². The van der Waals surface area contributed by atoms with Gasteiger partial charge in [-0.25, -0.2) is 4.79 Å². The van der Waals surface area contributed by atoms with Gasteiger partial charge in [0, 0.05) is 17.4 Å². The van der Waals surface area contributed by atoms with E-state index in [0.29, 0.717) is 28.1 Å². The minimum Gasteiger partial charge on any atom is -0.408 e. The van der Waals surface area contributed by atoms with E-state index in [1.807, 2.05) is 17.8 Å². The van der Waals surface area contributed by atoms with Gasteiger partial charge < -0.3 is 15.5 Å². The van der Waals surface area contributed by atoms with Gasteiger partial charge in [-0.05, 0) is 24.7 Å². The van der Waals surface area contributed by atoms with Gasteiger partial charge in [-0.3, -0.25) is 4.98 Å². The van der Waals surface area contributed by atoms with E-state index in [-0.39, 0.29) is 0 Å². The normalized spacial score (nSPS) is 22.4. The summed E-state index contributed by atoms with van der Waals surface area (Å²) in [5.41, 5.74) is 8.73. The number of aromatic amines is 1. The maximum absolute atomic E-state index is 11.2. The van der Waals surface area contributed by atoms with E-state index in [2.05, 4.69) is 17.2 Å². The fraction of sp³-hybridized carbons (Fsp3) is 0.500. The number of anilines is 2. The monoisotopic (exact) mass is 293 g/mol. The van der Waals surface area contributed by atoms with Crippen molar-refractivity contribution in [3.05, 3.63) is 22.7 Å². The summed E-state index contributed by atoms with van der Waals surface area (Å²) in [5.74, 6) is 0.684. The molecule has 2 atom stereocenters. The molecule has 2 aromatic rings. The molecule has 108 valence electrons. The average Bonchev–Trinajstić information content (AvgIpc) is 2.97. The molecule has 5 nitrogen and oxygen atoms in total. The van der Waals surface area contributed by atoms with Crippen LogP contribution in [-0.4, -0.2) is 22.0 Å². The minimum absolute atomic E-state index is 0.443. The van der Waals surface area contributed by atoms with Gasteiger partial charge in [0.15, 0.2) is 5.58 Å². The quantitative estimate of drug-likeness (QED) is 0.755. The number of benzene rings is 1. The molecule has 1 saturated carbocycles. The van der Waals surface area contributed by atoms with Gasteiger partial charge in [0.05, 0.1) is 16.9 Å². The third-order valence-electron chi connectivity index (χ3n) is 3.77. The summed E-state index contributed by atoms with van der Waals surface area (Å²) in [6.45, 7) is 2.19. The molecule has 0 bridgehead atoms. The van der Waals surface area contributed by atoms with Crippen LogP contribution >= 0.6 is 11.8 Å². The van der Waals surface area contributed by atoms with Gasteiger partial charge in [-0.2, -0.15) is 11.8 Å². The van der Waals surface area contributed by atoms with Crippen molar-refractivity contribution in [2.24, 2.45) is 0 Å². The van der Waals surface area contributed by atoms with E-state index in [4.69, 9.17) is 10.2 Å². The first-order chi connectivity index (χ1) is 9.67. The first-order valence-corrected chi connectivity index (χ1v) is 8.02. The van der Waals surface area contributed by atoms with E-state index in [0.717, 1.165) is 17.9 Å². The molecule has 1 fully saturated rings. The summed E-state index contributed by atoms with van der Waals surface area (Å²) in [5, 5.41) is 4.17. The van der Waals surface area contributed by atoms with Crippen LogP contribution in [0.15, 0.2) is 21.3 Å². The van der Waals surface area contributed by atoms with Crippen LogP contribution < -0.4 is 16.8 Å². The van der Waals surface area contributed by atoms with Crippen LogP contribution in [0.2, 0.25) is 0 Å². The van der Waals surface area contributed by atoms with Gasteiger partial charge in [0.1, 0.15) is 0 Å². The van der Waals surface area contributed by atoms with E-state index < -0.39 is 5.76 Å². The van der Waals surface area contributed by atoms with Gasteiger partial charge in [-0.1, -0.05) is 13.3 Å². The molecule has 0 aliphatic heterocycles. The number of nitrogen functional groups attached to an aromatic ring is 1. The van der Waals surface area contributed by atoms with E-state index in [1.165, 1.54) is 12.8 Å². The molecule has 1 heterocycles. The minimum atomic E-state index is -0.447. The zero-order valence-corrected chi connectivity index (χ0v) is 12.3. The highest BCUT2D eigenvalue weighted by Gasteiger charge is 2.27. The number of nitrogens with one attached hydrogen (secondary N) is 2. The van der Waals surface area contributed by atoms with E-state index >= 15 is 0 Å². The molecule has 4 N–H and O–H groups in total. The maximum atomic E-state index is 11.2. The third kappa shape index (κ3) is 2.52. The van der Waals surface area contributed by atoms with E-state index in [9.17, 15) is 4.79 Å². The molecule has 20 heavy (non-hydrogen) atoms. The Morgan fingerprint density at radius 1 is 1.50 bits per heavy atom. The molecule has 6 heteroatoms. The Hall–Kier alpha value is -1.56. The van der Waals surface area contributed by atoms with Crippen molar-refractivity contribution in [3.8, 4) is 0 Å². The maximum Gasteiger partial charge on any atom is 0.417 e. The van der Waals surface area contributed by atoms with Crippen molar-refractivity contribution in [1.29, 1.82) is 0 Å². The topological polar surface area (TPSA) is 84.0 Å².